The number of aliphatic carboxylic acids is 1. The zero-order chi connectivity index (χ0) is 18.0. The Labute approximate surface area is 146 Å². The third-order valence-electron chi connectivity index (χ3n) is 9.00. The van der Waals surface area contributed by atoms with Crippen molar-refractivity contribution in [3.05, 3.63) is 0 Å². The van der Waals surface area contributed by atoms with Crippen molar-refractivity contribution in [2.45, 2.75) is 69.7 Å². The van der Waals surface area contributed by atoms with E-state index in [2.05, 4.69) is 0 Å². The summed E-state index contributed by atoms with van der Waals surface area (Å²) in [7, 11) is 0. The fourth-order valence-corrected chi connectivity index (χ4v) is 8.05. The molecule has 5 aliphatic rings. The van der Waals surface area contributed by atoms with E-state index in [9.17, 15) is 24.9 Å². The molecular formula is C19H26O6. The fraction of sp³-hybridized carbons (Fsp3) is 0.895. The van der Waals surface area contributed by atoms with Gasteiger partial charge < -0.3 is 20.1 Å². The van der Waals surface area contributed by atoms with Gasteiger partial charge in [-0.15, -0.1) is 0 Å². The van der Waals surface area contributed by atoms with Gasteiger partial charge in [0.15, 0.2) is 0 Å². The number of carbonyl (C=O) groups excluding carboxylic acids is 1. The summed E-state index contributed by atoms with van der Waals surface area (Å²) < 4.78 is 5.99. The predicted octanol–water partition coefficient (Wildman–Crippen LogP) is 1.33. The van der Waals surface area contributed by atoms with Gasteiger partial charge in [-0.2, -0.15) is 0 Å². The lowest BCUT2D eigenvalue weighted by Crippen LogP contribution is -2.53. The van der Waals surface area contributed by atoms with Crippen molar-refractivity contribution >= 4 is 11.9 Å². The minimum absolute atomic E-state index is 0.0328. The van der Waals surface area contributed by atoms with Gasteiger partial charge in [0, 0.05) is 11.8 Å². The molecule has 138 valence electrons. The molecular weight excluding hydrogens is 324 g/mol. The third-order valence-corrected chi connectivity index (χ3v) is 9.00. The number of carboxylic acids is 1. The van der Waals surface area contributed by atoms with Crippen molar-refractivity contribution in [3.63, 3.8) is 0 Å². The summed E-state index contributed by atoms with van der Waals surface area (Å²) in [6.07, 6.45) is 2.61. The molecule has 4 bridgehead atoms. The molecule has 4 saturated carbocycles. The van der Waals surface area contributed by atoms with Crippen molar-refractivity contribution in [3.8, 4) is 0 Å². The summed E-state index contributed by atoms with van der Waals surface area (Å²) in [5.41, 5.74) is -3.27. The molecule has 0 aromatic rings. The molecule has 5 fully saturated rings. The topological polar surface area (TPSA) is 104 Å². The number of ether oxygens (including phenoxy) is 1. The van der Waals surface area contributed by atoms with Gasteiger partial charge in [0.1, 0.15) is 5.60 Å². The van der Waals surface area contributed by atoms with Crippen LogP contribution in [0.2, 0.25) is 0 Å². The van der Waals surface area contributed by atoms with Gasteiger partial charge in [-0.1, -0.05) is 6.92 Å². The zero-order valence-corrected chi connectivity index (χ0v) is 14.7. The van der Waals surface area contributed by atoms with Crippen molar-refractivity contribution in [2.24, 2.45) is 34.5 Å². The Balaban J connectivity index is 1.75. The normalized spacial score (nSPS) is 61.6. The third kappa shape index (κ3) is 1.45. The number of rotatable bonds is 1. The molecule has 6 heteroatoms. The number of aliphatic hydroxyl groups excluding tert-OH is 1. The lowest BCUT2D eigenvalue weighted by molar-refractivity contribution is -0.164. The fourth-order valence-electron chi connectivity index (χ4n) is 8.05. The second kappa shape index (κ2) is 4.22. The average molecular weight is 350 g/mol. The molecule has 0 aromatic carbocycles. The number of fused-ring (bicyclic) bond motifs is 1. The maximum atomic E-state index is 12.7. The van der Waals surface area contributed by atoms with Gasteiger partial charge in [-0.3, -0.25) is 9.59 Å². The van der Waals surface area contributed by atoms with Crippen LogP contribution in [0.4, 0.5) is 0 Å². The first kappa shape index (κ1) is 16.1. The van der Waals surface area contributed by atoms with E-state index in [-0.39, 0.29) is 11.8 Å². The highest BCUT2D eigenvalue weighted by Gasteiger charge is 2.84. The first-order chi connectivity index (χ1) is 11.6. The lowest BCUT2D eigenvalue weighted by Gasteiger charge is -2.46. The molecule has 1 unspecified atom stereocenters. The van der Waals surface area contributed by atoms with Gasteiger partial charge in [0.05, 0.1) is 23.0 Å². The molecule has 5 rings (SSSR count). The molecule has 1 aliphatic heterocycles. The minimum Gasteiger partial charge on any atom is -0.481 e. The van der Waals surface area contributed by atoms with Crippen LogP contribution in [0.15, 0.2) is 0 Å². The van der Waals surface area contributed by atoms with E-state index >= 15 is 0 Å². The predicted molar refractivity (Wildman–Crippen MR) is 85.3 cm³/mol. The molecule has 25 heavy (non-hydrogen) atoms. The average Bonchev–Trinajstić information content (AvgIpc) is 2.95. The van der Waals surface area contributed by atoms with E-state index in [1.807, 2.05) is 6.92 Å². The van der Waals surface area contributed by atoms with Gasteiger partial charge >= 0.3 is 11.9 Å². The van der Waals surface area contributed by atoms with Gasteiger partial charge in [-0.25, -0.2) is 0 Å². The highest BCUT2D eigenvalue weighted by Crippen LogP contribution is 2.78. The van der Waals surface area contributed by atoms with Crippen LogP contribution in [0.3, 0.4) is 0 Å². The Morgan fingerprint density at radius 3 is 2.68 bits per heavy atom. The van der Waals surface area contributed by atoms with Crippen LogP contribution in [-0.2, 0) is 14.3 Å². The largest absolute Gasteiger partial charge is 0.481 e. The quantitative estimate of drug-likeness (QED) is 0.617. The Morgan fingerprint density at radius 2 is 2.00 bits per heavy atom. The SMILES string of the molecule is C[C@H]1C[C@]23C[C@@]1(O)CCC2[C@]12CC[C@H](O)[C@](C)(C(=O)O1)[C@H]2[C@@H]3C(=O)O. The molecule has 1 saturated heterocycles. The summed E-state index contributed by atoms with van der Waals surface area (Å²) in [5.74, 6) is -2.59. The van der Waals surface area contributed by atoms with E-state index < -0.39 is 51.9 Å². The number of aliphatic hydroxyl groups is 2. The molecule has 3 N–H and O–H groups in total. The molecule has 4 aliphatic carbocycles. The molecule has 0 aromatic heterocycles. The Kier molecular flexibility index (Phi) is 2.71. The van der Waals surface area contributed by atoms with Gasteiger partial charge in [0.2, 0.25) is 0 Å². The van der Waals surface area contributed by atoms with Crippen LogP contribution in [0.5, 0.6) is 0 Å². The molecule has 1 spiro atoms. The number of carboxylic acid groups (broad SMARTS) is 1. The molecule has 0 amide bonds. The molecule has 6 nitrogen and oxygen atoms in total. The van der Waals surface area contributed by atoms with Crippen LogP contribution >= 0.6 is 0 Å². The lowest BCUT2D eigenvalue weighted by atomic mass is 9.59. The summed E-state index contributed by atoms with van der Waals surface area (Å²) in [6, 6.07) is 0. The first-order valence-electron chi connectivity index (χ1n) is 9.48. The first-order valence-corrected chi connectivity index (χ1v) is 9.48. The van der Waals surface area contributed by atoms with Gasteiger partial charge in [0.25, 0.3) is 0 Å². The maximum absolute atomic E-state index is 12.7. The van der Waals surface area contributed by atoms with E-state index in [1.54, 1.807) is 6.92 Å². The molecule has 9 atom stereocenters. The molecule has 1 heterocycles. The van der Waals surface area contributed by atoms with Crippen LogP contribution in [0.25, 0.3) is 0 Å². The maximum Gasteiger partial charge on any atom is 0.315 e. The van der Waals surface area contributed by atoms with Crippen molar-refractivity contribution in [1.29, 1.82) is 0 Å². The van der Waals surface area contributed by atoms with Crippen molar-refractivity contribution in [2.75, 3.05) is 0 Å². The second-order valence-electron chi connectivity index (χ2n) is 9.69. The Morgan fingerprint density at radius 1 is 1.28 bits per heavy atom. The van der Waals surface area contributed by atoms with Crippen molar-refractivity contribution in [1.82, 2.24) is 0 Å². The summed E-state index contributed by atoms with van der Waals surface area (Å²) in [5, 5.41) is 31.9. The van der Waals surface area contributed by atoms with E-state index in [0.29, 0.717) is 38.5 Å². The monoisotopic (exact) mass is 350 g/mol. The summed E-state index contributed by atoms with van der Waals surface area (Å²) in [6.45, 7) is 3.70. The van der Waals surface area contributed by atoms with E-state index in [1.165, 1.54) is 0 Å². The number of esters is 1. The summed E-state index contributed by atoms with van der Waals surface area (Å²) in [4.78, 5) is 25.2. The number of carbonyl (C=O) groups is 2. The highest BCUT2D eigenvalue weighted by atomic mass is 16.6. The minimum atomic E-state index is -1.16. The van der Waals surface area contributed by atoms with Crippen LogP contribution in [0, 0.1) is 34.5 Å². The van der Waals surface area contributed by atoms with Crippen molar-refractivity contribution < 1.29 is 29.6 Å². The standard InChI is InChI=1S/C19H26O6/c1-9-7-17-8-18(9,24)5-3-10(17)19-6-4-11(20)16(2,15(23)25-19)13(19)12(17)14(21)22/h9-13,20,24H,3-8H2,1-2H3,(H,21,22)/t9-,10?,11-,12+,13+,16-,17-,18-,19-/m0/s1. The zero-order valence-electron chi connectivity index (χ0n) is 14.7. The van der Waals surface area contributed by atoms with Crippen LogP contribution in [0.1, 0.15) is 52.4 Å². The summed E-state index contributed by atoms with van der Waals surface area (Å²) >= 11 is 0. The number of hydrogen-bond acceptors (Lipinski definition) is 5. The molecule has 0 radical (unpaired) electrons. The van der Waals surface area contributed by atoms with Gasteiger partial charge in [-0.05, 0) is 56.8 Å². The van der Waals surface area contributed by atoms with E-state index in [0.717, 1.165) is 0 Å². The van der Waals surface area contributed by atoms with Crippen LogP contribution in [-0.4, -0.2) is 44.6 Å². The second-order valence-corrected chi connectivity index (χ2v) is 9.69. The smallest absolute Gasteiger partial charge is 0.315 e. The highest BCUT2D eigenvalue weighted by molar-refractivity contribution is 5.85. The Hall–Kier alpha value is -1.14. The Bertz CT molecular complexity index is 691. The van der Waals surface area contributed by atoms with Crippen LogP contribution < -0.4 is 0 Å². The van der Waals surface area contributed by atoms with E-state index in [4.69, 9.17) is 4.74 Å². The number of hydrogen-bond donors (Lipinski definition) is 3.